The van der Waals surface area contributed by atoms with E-state index in [1.165, 1.54) is 11.0 Å². The van der Waals surface area contributed by atoms with Gasteiger partial charge in [-0.15, -0.1) is 0 Å². The van der Waals surface area contributed by atoms with Crippen LogP contribution in [0.3, 0.4) is 0 Å². The van der Waals surface area contributed by atoms with E-state index in [-0.39, 0.29) is 17.6 Å². The van der Waals surface area contributed by atoms with E-state index in [2.05, 4.69) is 20.8 Å². The summed E-state index contributed by atoms with van der Waals surface area (Å²) in [5.74, 6) is 0.105. The van der Waals surface area contributed by atoms with Gasteiger partial charge in [0.15, 0.2) is 0 Å². The Bertz CT molecular complexity index is 1090. The van der Waals surface area contributed by atoms with Crippen molar-refractivity contribution in [1.82, 2.24) is 0 Å². The van der Waals surface area contributed by atoms with Crippen molar-refractivity contribution in [2.45, 2.75) is 60.0 Å². The minimum atomic E-state index is -0.428. The molecule has 1 aliphatic carbocycles. The molecule has 0 saturated heterocycles. The molecule has 0 aromatic heterocycles. The summed E-state index contributed by atoms with van der Waals surface area (Å²) in [7, 11) is 0. The highest BCUT2D eigenvalue weighted by Gasteiger charge is 2.39. The average Bonchev–Trinajstić information content (AvgIpc) is 2.99. The van der Waals surface area contributed by atoms with Crippen LogP contribution < -0.4 is 4.90 Å². The maximum Gasteiger partial charge on any atom is 0.338 e. The molecule has 1 saturated carbocycles. The molecule has 0 unspecified atom stereocenters. The van der Waals surface area contributed by atoms with Gasteiger partial charge in [-0.1, -0.05) is 39.3 Å². The molecule has 5 heteroatoms. The van der Waals surface area contributed by atoms with Crippen molar-refractivity contribution in [1.29, 1.82) is 0 Å². The Labute approximate surface area is 189 Å². The molecular weight excluding hydrogens is 402 g/mol. The molecule has 0 spiro atoms. The van der Waals surface area contributed by atoms with E-state index in [4.69, 9.17) is 4.74 Å². The van der Waals surface area contributed by atoms with Gasteiger partial charge < -0.3 is 4.74 Å². The number of aryl methyl sites for hydroxylation is 2. The first kappa shape index (κ1) is 22.3. The zero-order chi connectivity index (χ0) is 23.2. The number of anilines is 1. The number of ether oxygens (including phenoxy) is 1. The van der Waals surface area contributed by atoms with Crippen LogP contribution in [0, 0.1) is 31.6 Å². The second kappa shape index (κ2) is 8.53. The third-order valence-corrected chi connectivity index (χ3v) is 6.95. The van der Waals surface area contributed by atoms with Gasteiger partial charge in [0.2, 0.25) is 0 Å². The number of amides is 2. The molecule has 32 heavy (non-hydrogen) atoms. The van der Waals surface area contributed by atoms with Gasteiger partial charge in [0.1, 0.15) is 6.10 Å². The number of nitrogens with zero attached hydrogens (tertiary/aromatic N) is 1. The summed E-state index contributed by atoms with van der Waals surface area (Å²) < 4.78 is 5.94. The van der Waals surface area contributed by atoms with Crippen LogP contribution in [0.4, 0.5) is 5.69 Å². The summed E-state index contributed by atoms with van der Waals surface area (Å²) in [5.41, 5.74) is 3.27. The van der Waals surface area contributed by atoms with Crippen LogP contribution in [0.1, 0.15) is 82.2 Å². The van der Waals surface area contributed by atoms with Crippen molar-refractivity contribution in [3.05, 3.63) is 64.2 Å². The van der Waals surface area contributed by atoms with Gasteiger partial charge in [-0.25, -0.2) is 9.69 Å². The van der Waals surface area contributed by atoms with Crippen molar-refractivity contribution in [3.8, 4) is 0 Å². The number of imide groups is 1. The van der Waals surface area contributed by atoms with Gasteiger partial charge in [0.25, 0.3) is 11.8 Å². The van der Waals surface area contributed by atoms with Gasteiger partial charge in [-0.3, -0.25) is 9.59 Å². The Morgan fingerprint density at radius 3 is 2.44 bits per heavy atom. The summed E-state index contributed by atoms with van der Waals surface area (Å²) in [5, 5.41) is 0. The Hall–Kier alpha value is -2.95. The zero-order valence-corrected chi connectivity index (χ0v) is 19.5. The van der Waals surface area contributed by atoms with Crippen LogP contribution in [-0.4, -0.2) is 23.9 Å². The molecule has 2 aromatic carbocycles. The summed E-state index contributed by atoms with van der Waals surface area (Å²) in [6.07, 6.45) is 2.94. The molecule has 0 bridgehead atoms. The fourth-order valence-electron chi connectivity index (χ4n) is 5.00. The third kappa shape index (κ3) is 3.96. The molecule has 2 aromatic rings. The highest BCUT2D eigenvalue weighted by atomic mass is 16.5. The molecule has 0 N–H and O–H groups in total. The van der Waals surface area contributed by atoms with Crippen molar-refractivity contribution in [2.75, 3.05) is 4.90 Å². The Kier molecular flexibility index (Phi) is 5.93. The first-order valence-electron chi connectivity index (χ1n) is 11.5. The number of rotatable bonds is 4. The largest absolute Gasteiger partial charge is 0.458 e. The van der Waals surface area contributed by atoms with E-state index < -0.39 is 11.9 Å². The fraction of sp³-hybridized carbons (Fsp3) is 0.444. The Morgan fingerprint density at radius 1 is 1.00 bits per heavy atom. The molecule has 1 aliphatic heterocycles. The maximum absolute atomic E-state index is 13.2. The van der Waals surface area contributed by atoms with E-state index in [0.717, 1.165) is 30.4 Å². The van der Waals surface area contributed by atoms with Crippen molar-refractivity contribution >= 4 is 23.5 Å². The number of esters is 1. The molecule has 3 atom stereocenters. The molecule has 5 nitrogen and oxygen atoms in total. The minimum absolute atomic E-state index is 0.122. The molecular formula is C27H31NO4. The van der Waals surface area contributed by atoms with Gasteiger partial charge in [0.05, 0.1) is 22.4 Å². The van der Waals surface area contributed by atoms with E-state index in [0.29, 0.717) is 34.6 Å². The first-order valence-corrected chi connectivity index (χ1v) is 11.5. The first-order chi connectivity index (χ1) is 15.2. The lowest BCUT2D eigenvalue weighted by atomic mass is 9.75. The van der Waals surface area contributed by atoms with E-state index >= 15 is 0 Å². The summed E-state index contributed by atoms with van der Waals surface area (Å²) in [6, 6.07) is 10.4. The molecule has 1 heterocycles. The standard InChI is InChI=1S/C27H31NO4/c1-15(2)20-10-7-17(4)13-24(20)32-27(31)19-9-11-21-22(14-19)26(30)28(25(21)29)23-12-16(3)6-8-18(23)5/h6,8-9,11-12,14-15,17,20,24H,7,10,13H2,1-5H3/t17-,20-,24+/m1/s1. The number of fused-ring (bicyclic) bond motifs is 1. The van der Waals surface area contributed by atoms with Crippen LogP contribution in [0.15, 0.2) is 36.4 Å². The second-order valence-corrected chi connectivity index (χ2v) is 9.77. The smallest absolute Gasteiger partial charge is 0.338 e. The van der Waals surface area contributed by atoms with Crippen molar-refractivity contribution in [3.63, 3.8) is 0 Å². The Morgan fingerprint density at radius 2 is 1.72 bits per heavy atom. The zero-order valence-electron chi connectivity index (χ0n) is 19.5. The van der Waals surface area contributed by atoms with Crippen LogP contribution in [0.25, 0.3) is 0 Å². The molecule has 0 radical (unpaired) electrons. The summed E-state index contributed by atoms with van der Waals surface area (Å²) >= 11 is 0. The number of carbonyl (C=O) groups is 3. The topological polar surface area (TPSA) is 63.7 Å². The van der Waals surface area contributed by atoms with Crippen molar-refractivity contribution < 1.29 is 19.1 Å². The molecule has 168 valence electrons. The maximum atomic E-state index is 13.2. The van der Waals surface area contributed by atoms with E-state index in [9.17, 15) is 14.4 Å². The predicted octanol–water partition coefficient (Wildman–Crippen LogP) is 5.72. The lowest BCUT2D eigenvalue weighted by Gasteiger charge is -2.36. The van der Waals surface area contributed by atoms with Gasteiger partial charge >= 0.3 is 5.97 Å². The normalized spacial score (nSPS) is 22.9. The number of benzene rings is 2. The molecule has 2 aliphatic rings. The molecule has 4 rings (SSSR count). The third-order valence-electron chi connectivity index (χ3n) is 6.95. The van der Waals surface area contributed by atoms with Crippen LogP contribution in [0.5, 0.6) is 0 Å². The SMILES string of the molecule is Cc1ccc(C)c(N2C(=O)c3ccc(C(=O)O[C@H]4C[C@H](C)CC[C@@H]4C(C)C)cc3C2=O)c1. The second-order valence-electron chi connectivity index (χ2n) is 9.77. The highest BCUT2D eigenvalue weighted by Crippen LogP contribution is 2.36. The molecule has 2 amide bonds. The predicted molar refractivity (Wildman–Crippen MR) is 124 cm³/mol. The lowest BCUT2D eigenvalue weighted by Crippen LogP contribution is -2.35. The van der Waals surface area contributed by atoms with Gasteiger partial charge in [-0.05, 0) is 79.8 Å². The number of hydrogen-bond donors (Lipinski definition) is 0. The minimum Gasteiger partial charge on any atom is -0.458 e. The van der Waals surface area contributed by atoms with E-state index in [1.54, 1.807) is 12.1 Å². The van der Waals surface area contributed by atoms with Gasteiger partial charge in [0, 0.05) is 0 Å². The van der Waals surface area contributed by atoms with Crippen LogP contribution in [0.2, 0.25) is 0 Å². The number of hydrogen-bond acceptors (Lipinski definition) is 4. The van der Waals surface area contributed by atoms with Crippen LogP contribution in [-0.2, 0) is 4.74 Å². The van der Waals surface area contributed by atoms with Gasteiger partial charge in [-0.2, -0.15) is 0 Å². The fourth-order valence-corrected chi connectivity index (χ4v) is 5.00. The average molecular weight is 434 g/mol. The summed E-state index contributed by atoms with van der Waals surface area (Å²) in [4.78, 5) is 40.4. The Balaban J connectivity index is 1.60. The van der Waals surface area contributed by atoms with Crippen molar-refractivity contribution in [2.24, 2.45) is 17.8 Å². The highest BCUT2D eigenvalue weighted by molar-refractivity contribution is 6.35. The quantitative estimate of drug-likeness (QED) is 0.457. The monoisotopic (exact) mass is 433 g/mol. The lowest BCUT2D eigenvalue weighted by molar-refractivity contribution is -0.0174. The molecule has 1 fully saturated rings. The summed E-state index contributed by atoms with van der Waals surface area (Å²) in [6.45, 7) is 10.3. The van der Waals surface area contributed by atoms with E-state index in [1.807, 2.05) is 32.0 Å². The van der Waals surface area contributed by atoms with Crippen LogP contribution >= 0.6 is 0 Å². The number of carbonyl (C=O) groups excluding carboxylic acids is 3.